The minimum absolute atomic E-state index is 0.0243. The molecule has 0 bridgehead atoms. The number of rotatable bonds is 14. The molecule has 1 aliphatic carbocycles. The van der Waals surface area contributed by atoms with Gasteiger partial charge >= 0.3 is 5.97 Å². The SMILES string of the molecule is CCC(CC(=O)O)c1cc(F)c(N(CC(C)C)CC(C)C)c(Nc2ccc(OCC3CC3)cc2)c1. The summed E-state index contributed by atoms with van der Waals surface area (Å²) in [6.45, 7) is 12.7. The highest BCUT2D eigenvalue weighted by atomic mass is 19.1. The number of anilines is 3. The highest BCUT2D eigenvalue weighted by Gasteiger charge is 2.24. The minimum Gasteiger partial charge on any atom is -0.493 e. The number of nitrogens with zero attached hydrogens (tertiary/aromatic N) is 1. The van der Waals surface area contributed by atoms with Crippen LogP contribution in [0.25, 0.3) is 0 Å². The summed E-state index contributed by atoms with van der Waals surface area (Å²) in [6, 6.07) is 11.2. The van der Waals surface area contributed by atoms with Gasteiger partial charge in [-0.1, -0.05) is 34.6 Å². The maximum absolute atomic E-state index is 15.8. The Kier molecular flexibility index (Phi) is 9.41. The van der Waals surface area contributed by atoms with Crippen LogP contribution >= 0.6 is 0 Å². The van der Waals surface area contributed by atoms with Crippen LogP contribution in [0, 0.1) is 23.6 Å². The number of ether oxygens (including phenoxy) is 1. The summed E-state index contributed by atoms with van der Waals surface area (Å²) in [6.07, 6.45) is 3.09. The molecule has 1 unspecified atom stereocenters. The predicted octanol–water partition coefficient (Wildman–Crippen LogP) is 7.44. The molecule has 35 heavy (non-hydrogen) atoms. The quantitative estimate of drug-likeness (QED) is 0.292. The molecule has 5 nitrogen and oxygen atoms in total. The van der Waals surface area contributed by atoms with Crippen LogP contribution in [-0.2, 0) is 4.79 Å². The number of carboxylic acid groups (broad SMARTS) is 1. The van der Waals surface area contributed by atoms with E-state index in [-0.39, 0.29) is 18.2 Å². The van der Waals surface area contributed by atoms with Crippen LogP contribution in [0.3, 0.4) is 0 Å². The van der Waals surface area contributed by atoms with E-state index in [0.29, 0.717) is 41.1 Å². The molecule has 6 heteroatoms. The van der Waals surface area contributed by atoms with E-state index in [2.05, 4.69) is 37.9 Å². The maximum Gasteiger partial charge on any atom is 0.303 e. The zero-order chi connectivity index (χ0) is 25.5. The first-order chi connectivity index (χ1) is 16.7. The molecular weight excluding hydrogens is 443 g/mol. The molecule has 0 amide bonds. The van der Waals surface area contributed by atoms with Gasteiger partial charge in [-0.15, -0.1) is 0 Å². The number of carboxylic acids is 1. The van der Waals surface area contributed by atoms with Crippen LogP contribution in [0.5, 0.6) is 5.75 Å². The van der Waals surface area contributed by atoms with E-state index in [4.69, 9.17) is 4.74 Å². The zero-order valence-electron chi connectivity index (χ0n) is 21.8. The van der Waals surface area contributed by atoms with Gasteiger partial charge in [0.15, 0.2) is 0 Å². The van der Waals surface area contributed by atoms with Gasteiger partial charge < -0.3 is 20.1 Å². The van der Waals surface area contributed by atoms with Crippen molar-refractivity contribution in [3.8, 4) is 5.75 Å². The number of hydrogen-bond acceptors (Lipinski definition) is 4. The summed E-state index contributed by atoms with van der Waals surface area (Å²) in [5, 5.41) is 12.8. The van der Waals surface area contributed by atoms with E-state index >= 15 is 4.39 Å². The third-order valence-corrected chi connectivity index (χ3v) is 6.27. The van der Waals surface area contributed by atoms with Gasteiger partial charge in [0.05, 0.1) is 24.4 Å². The lowest BCUT2D eigenvalue weighted by atomic mass is 9.92. The highest BCUT2D eigenvalue weighted by molar-refractivity contribution is 5.77. The normalized spacial score (nSPS) is 14.3. The molecule has 0 heterocycles. The number of hydrogen-bond donors (Lipinski definition) is 2. The number of benzene rings is 2. The molecule has 1 atom stereocenters. The molecule has 0 saturated heterocycles. The fourth-order valence-corrected chi connectivity index (χ4v) is 4.41. The van der Waals surface area contributed by atoms with E-state index in [1.54, 1.807) is 0 Å². The van der Waals surface area contributed by atoms with Crippen molar-refractivity contribution in [2.75, 3.05) is 29.9 Å². The molecule has 1 fully saturated rings. The smallest absolute Gasteiger partial charge is 0.303 e. The summed E-state index contributed by atoms with van der Waals surface area (Å²) in [5.41, 5.74) is 2.74. The lowest BCUT2D eigenvalue weighted by molar-refractivity contribution is -0.137. The summed E-state index contributed by atoms with van der Waals surface area (Å²) >= 11 is 0. The van der Waals surface area contributed by atoms with Crippen molar-refractivity contribution < 1.29 is 19.0 Å². The van der Waals surface area contributed by atoms with Gasteiger partial charge in [0.2, 0.25) is 0 Å². The summed E-state index contributed by atoms with van der Waals surface area (Å²) in [4.78, 5) is 13.5. The lowest BCUT2D eigenvalue weighted by Crippen LogP contribution is -2.32. The second-order valence-electron chi connectivity index (χ2n) is 10.7. The van der Waals surface area contributed by atoms with Crippen molar-refractivity contribution >= 4 is 23.0 Å². The van der Waals surface area contributed by atoms with Crippen molar-refractivity contribution in [2.24, 2.45) is 17.8 Å². The molecule has 1 saturated carbocycles. The molecule has 3 rings (SSSR count). The van der Waals surface area contributed by atoms with Gasteiger partial charge in [-0.25, -0.2) is 4.39 Å². The van der Waals surface area contributed by atoms with E-state index < -0.39 is 5.97 Å². The van der Waals surface area contributed by atoms with E-state index in [9.17, 15) is 9.90 Å². The summed E-state index contributed by atoms with van der Waals surface area (Å²) < 4.78 is 21.6. The van der Waals surface area contributed by atoms with Crippen LogP contribution in [0.2, 0.25) is 0 Å². The molecular formula is C29H41FN2O3. The second kappa shape index (κ2) is 12.3. The van der Waals surface area contributed by atoms with Gasteiger partial charge in [-0.3, -0.25) is 4.79 Å². The Morgan fingerprint density at radius 2 is 1.74 bits per heavy atom. The molecule has 2 N–H and O–H groups in total. The minimum atomic E-state index is -0.876. The number of carbonyl (C=O) groups is 1. The number of aliphatic carboxylic acids is 1. The van der Waals surface area contributed by atoms with Gasteiger partial charge in [0.1, 0.15) is 11.6 Å². The molecule has 192 valence electrons. The molecule has 0 aromatic heterocycles. The standard InChI is InChI=1S/C29H41FN2O3/c1-6-22(15-28(33)34)23-13-26(30)29(32(16-19(2)3)17-20(4)5)27(14-23)31-24-9-11-25(12-10-24)35-18-21-7-8-21/h9-14,19-22,31H,6-8,15-18H2,1-5H3,(H,33,34). The third kappa shape index (κ3) is 8.15. The lowest BCUT2D eigenvalue weighted by Gasteiger charge is -2.31. The average molecular weight is 485 g/mol. The fraction of sp³-hybridized carbons (Fsp3) is 0.552. The van der Waals surface area contributed by atoms with E-state index in [1.807, 2.05) is 37.3 Å². The second-order valence-corrected chi connectivity index (χ2v) is 10.7. The third-order valence-electron chi connectivity index (χ3n) is 6.27. The Balaban J connectivity index is 1.97. The largest absolute Gasteiger partial charge is 0.493 e. The van der Waals surface area contributed by atoms with Crippen LogP contribution in [0.1, 0.15) is 71.8 Å². The van der Waals surface area contributed by atoms with E-state index in [1.165, 1.54) is 18.9 Å². The predicted molar refractivity (Wildman–Crippen MR) is 142 cm³/mol. The van der Waals surface area contributed by atoms with Crippen LogP contribution < -0.4 is 15.0 Å². The first-order valence-electron chi connectivity index (χ1n) is 13.0. The number of halogens is 1. The molecule has 0 aliphatic heterocycles. The molecule has 0 radical (unpaired) electrons. The number of nitrogens with one attached hydrogen (secondary N) is 1. The van der Waals surface area contributed by atoms with Gasteiger partial charge in [-0.05, 0) is 84.9 Å². The van der Waals surface area contributed by atoms with Crippen LogP contribution in [0.4, 0.5) is 21.5 Å². The Hall–Kier alpha value is -2.76. The van der Waals surface area contributed by atoms with Crippen LogP contribution in [-0.4, -0.2) is 30.8 Å². The summed E-state index contributed by atoms with van der Waals surface area (Å²) in [7, 11) is 0. The Morgan fingerprint density at radius 1 is 1.11 bits per heavy atom. The average Bonchev–Trinajstić information content (AvgIpc) is 3.60. The van der Waals surface area contributed by atoms with Crippen molar-refractivity contribution in [3.05, 3.63) is 47.8 Å². The van der Waals surface area contributed by atoms with E-state index in [0.717, 1.165) is 31.1 Å². The summed E-state index contributed by atoms with van der Waals surface area (Å²) in [5.74, 6) is 0.789. The topological polar surface area (TPSA) is 61.8 Å². The first-order valence-corrected chi connectivity index (χ1v) is 13.0. The maximum atomic E-state index is 15.8. The molecule has 2 aromatic rings. The van der Waals surface area contributed by atoms with Gasteiger partial charge in [0, 0.05) is 18.8 Å². The fourth-order valence-electron chi connectivity index (χ4n) is 4.41. The van der Waals surface area contributed by atoms with Gasteiger partial charge in [-0.2, -0.15) is 0 Å². The molecule has 1 aliphatic rings. The van der Waals surface area contributed by atoms with Crippen molar-refractivity contribution in [3.63, 3.8) is 0 Å². The first kappa shape index (κ1) is 26.8. The Morgan fingerprint density at radius 3 is 2.26 bits per heavy atom. The Bertz CT molecular complexity index is 961. The van der Waals surface area contributed by atoms with Crippen LogP contribution in [0.15, 0.2) is 36.4 Å². The monoisotopic (exact) mass is 484 g/mol. The van der Waals surface area contributed by atoms with Crippen molar-refractivity contribution in [1.29, 1.82) is 0 Å². The Labute approximate surface area is 209 Å². The van der Waals surface area contributed by atoms with Crippen molar-refractivity contribution in [2.45, 2.75) is 66.2 Å². The zero-order valence-corrected chi connectivity index (χ0v) is 21.8. The van der Waals surface area contributed by atoms with Gasteiger partial charge in [0.25, 0.3) is 0 Å². The highest BCUT2D eigenvalue weighted by Crippen LogP contribution is 2.38. The molecule has 0 spiro atoms. The van der Waals surface area contributed by atoms with Crippen molar-refractivity contribution in [1.82, 2.24) is 0 Å². The molecule has 2 aromatic carbocycles.